The Labute approximate surface area is 114 Å². The Morgan fingerprint density at radius 2 is 2.05 bits per heavy atom. The maximum absolute atomic E-state index is 12.3. The van der Waals surface area contributed by atoms with Crippen molar-refractivity contribution in [3.05, 3.63) is 35.9 Å². The van der Waals surface area contributed by atoms with Crippen molar-refractivity contribution < 1.29 is 4.79 Å². The molecule has 1 unspecified atom stereocenters. The van der Waals surface area contributed by atoms with Gasteiger partial charge >= 0.3 is 0 Å². The third-order valence-electron chi connectivity index (χ3n) is 3.65. The fraction of sp³-hybridized carbons (Fsp3) is 0.467. The summed E-state index contributed by atoms with van der Waals surface area (Å²) in [5.74, 6) is 0.0891. The second-order valence-corrected chi connectivity index (χ2v) is 4.92. The van der Waals surface area contributed by atoms with Crippen LogP contribution in [0.4, 0.5) is 0 Å². The average molecular weight is 257 g/mol. The number of amides is 1. The topological polar surface area (TPSA) is 47.3 Å². The van der Waals surface area contributed by atoms with Gasteiger partial charge in [-0.25, -0.2) is 0 Å². The van der Waals surface area contributed by atoms with Crippen molar-refractivity contribution in [2.75, 3.05) is 26.7 Å². The van der Waals surface area contributed by atoms with Gasteiger partial charge in [-0.3, -0.25) is 9.69 Å². The number of carbonyl (C=O) groups is 1. The van der Waals surface area contributed by atoms with Crippen molar-refractivity contribution in [3.8, 4) is 6.07 Å². The SMILES string of the molecule is CN1CCN(CCc2ccccc2)C(=O)C1CC#N. The molecule has 100 valence electrons. The lowest BCUT2D eigenvalue weighted by Gasteiger charge is -2.37. The Kier molecular flexibility index (Phi) is 4.53. The number of hydrogen-bond donors (Lipinski definition) is 0. The lowest BCUT2D eigenvalue weighted by molar-refractivity contribution is -0.140. The molecular weight excluding hydrogens is 238 g/mol. The number of hydrogen-bond acceptors (Lipinski definition) is 3. The average Bonchev–Trinajstić information content (AvgIpc) is 2.44. The van der Waals surface area contributed by atoms with Gasteiger partial charge in [-0.2, -0.15) is 5.26 Å². The number of nitriles is 1. The molecule has 1 aromatic rings. The maximum atomic E-state index is 12.3. The first-order chi connectivity index (χ1) is 9.22. The number of benzene rings is 1. The zero-order valence-electron chi connectivity index (χ0n) is 11.2. The first-order valence-electron chi connectivity index (χ1n) is 6.62. The van der Waals surface area contributed by atoms with Gasteiger partial charge in [0, 0.05) is 19.6 Å². The molecular formula is C15H19N3O. The zero-order valence-corrected chi connectivity index (χ0v) is 11.2. The minimum Gasteiger partial charge on any atom is -0.340 e. The van der Waals surface area contributed by atoms with E-state index in [0.29, 0.717) is 0 Å². The standard InChI is InChI=1S/C15H19N3O/c1-17-11-12-18(15(19)14(17)7-9-16)10-8-13-5-3-2-4-6-13/h2-6,14H,7-8,10-12H2,1H3. The molecule has 1 atom stereocenters. The van der Waals surface area contributed by atoms with Gasteiger partial charge in [0.15, 0.2) is 0 Å². The molecule has 0 radical (unpaired) electrons. The van der Waals surface area contributed by atoms with E-state index in [0.717, 1.165) is 26.1 Å². The van der Waals surface area contributed by atoms with Crippen molar-refractivity contribution in [2.24, 2.45) is 0 Å². The van der Waals surface area contributed by atoms with E-state index >= 15 is 0 Å². The highest BCUT2D eigenvalue weighted by Crippen LogP contribution is 2.13. The van der Waals surface area contributed by atoms with Crippen molar-refractivity contribution in [1.82, 2.24) is 9.80 Å². The van der Waals surface area contributed by atoms with Gasteiger partial charge < -0.3 is 4.90 Å². The molecule has 0 saturated carbocycles. The van der Waals surface area contributed by atoms with Crippen LogP contribution in [0.15, 0.2) is 30.3 Å². The molecule has 2 rings (SSSR count). The predicted molar refractivity (Wildman–Crippen MR) is 73.4 cm³/mol. The van der Waals surface area contributed by atoms with Crippen LogP contribution in [-0.2, 0) is 11.2 Å². The van der Waals surface area contributed by atoms with Crippen molar-refractivity contribution in [2.45, 2.75) is 18.9 Å². The summed E-state index contributed by atoms with van der Waals surface area (Å²) >= 11 is 0. The fourth-order valence-electron chi connectivity index (χ4n) is 2.40. The lowest BCUT2D eigenvalue weighted by Crippen LogP contribution is -2.55. The smallest absolute Gasteiger partial charge is 0.241 e. The van der Waals surface area contributed by atoms with Crippen LogP contribution in [0, 0.1) is 11.3 Å². The molecule has 1 fully saturated rings. The van der Waals surface area contributed by atoms with Crippen LogP contribution in [0.1, 0.15) is 12.0 Å². The van der Waals surface area contributed by atoms with Gasteiger partial charge in [0.25, 0.3) is 0 Å². The number of carbonyl (C=O) groups excluding carboxylic acids is 1. The largest absolute Gasteiger partial charge is 0.340 e. The summed E-state index contributed by atoms with van der Waals surface area (Å²) in [6, 6.07) is 12.0. The summed E-state index contributed by atoms with van der Waals surface area (Å²) in [6.07, 6.45) is 1.15. The molecule has 1 aliphatic rings. The molecule has 4 heteroatoms. The van der Waals surface area contributed by atoms with E-state index in [1.807, 2.05) is 35.0 Å². The van der Waals surface area contributed by atoms with Crippen molar-refractivity contribution >= 4 is 5.91 Å². The molecule has 0 spiro atoms. The minimum atomic E-state index is -0.269. The molecule has 0 aliphatic carbocycles. The number of rotatable bonds is 4. The molecule has 19 heavy (non-hydrogen) atoms. The highest BCUT2D eigenvalue weighted by molar-refractivity contribution is 5.83. The molecule has 0 bridgehead atoms. The van der Waals surface area contributed by atoms with Crippen LogP contribution < -0.4 is 0 Å². The van der Waals surface area contributed by atoms with E-state index < -0.39 is 0 Å². The van der Waals surface area contributed by atoms with Gasteiger partial charge in [-0.15, -0.1) is 0 Å². The minimum absolute atomic E-state index is 0.0891. The maximum Gasteiger partial charge on any atom is 0.241 e. The third kappa shape index (κ3) is 3.33. The first kappa shape index (κ1) is 13.6. The predicted octanol–water partition coefficient (Wildman–Crippen LogP) is 1.29. The Balaban J connectivity index is 1.94. The van der Waals surface area contributed by atoms with Crippen molar-refractivity contribution in [3.63, 3.8) is 0 Å². The van der Waals surface area contributed by atoms with Crippen LogP contribution in [0.25, 0.3) is 0 Å². The van der Waals surface area contributed by atoms with E-state index in [-0.39, 0.29) is 18.4 Å². The van der Waals surface area contributed by atoms with E-state index in [4.69, 9.17) is 5.26 Å². The van der Waals surface area contributed by atoms with E-state index in [9.17, 15) is 4.79 Å². The lowest BCUT2D eigenvalue weighted by atomic mass is 10.1. The van der Waals surface area contributed by atoms with Gasteiger partial charge in [0.05, 0.1) is 12.5 Å². The van der Waals surface area contributed by atoms with E-state index in [1.54, 1.807) is 0 Å². The highest BCUT2D eigenvalue weighted by atomic mass is 16.2. The van der Waals surface area contributed by atoms with Gasteiger partial charge in [0.2, 0.25) is 5.91 Å². The van der Waals surface area contributed by atoms with Crippen LogP contribution in [0.3, 0.4) is 0 Å². The second kappa shape index (κ2) is 6.35. The Bertz CT molecular complexity index is 466. The van der Waals surface area contributed by atoms with E-state index in [1.165, 1.54) is 5.56 Å². The van der Waals surface area contributed by atoms with Crippen LogP contribution in [-0.4, -0.2) is 48.4 Å². The first-order valence-corrected chi connectivity index (χ1v) is 6.62. The number of likely N-dealkylation sites (N-methyl/N-ethyl adjacent to an activating group) is 1. The normalized spacial score (nSPS) is 20.3. The summed E-state index contributed by atoms with van der Waals surface area (Å²) in [5, 5.41) is 8.80. The number of nitrogens with zero attached hydrogens (tertiary/aromatic N) is 3. The Hall–Kier alpha value is -1.86. The molecule has 1 aromatic carbocycles. The second-order valence-electron chi connectivity index (χ2n) is 4.92. The molecule has 1 heterocycles. The molecule has 0 N–H and O–H groups in total. The summed E-state index contributed by atoms with van der Waals surface area (Å²) < 4.78 is 0. The summed E-state index contributed by atoms with van der Waals surface area (Å²) in [6.45, 7) is 2.33. The zero-order chi connectivity index (χ0) is 13.7. The van der Waals surface area contributed by atoms with Gasteiger partial charge in [0.1, 0.15) is 6.04 Å². The van der Waals surface area contributed by atoms with Crippen molar-refractivity contribution in [1.29, 1.82) is 5.26 Å². The van der Waals surface area contributed by atoms with Gasteiger partial charge in [-0.1, -0.05) is 30.3 Å². The Morgan fingerprint density at radius 3 is 2.74 bits per heavy atom. The number of piperazine rings is 1. The monoisotopic (exact) mass is 257 g/mol. The third-order valence-corrected chi connectivity index (χ3v) is 3.65. The van der Waals surface area contributed by atoms with E-state index in [2.05, 4.69) is 18.2 Å². The van der Waals surface area contributed by atoms with Gasteiger partial charge in [-0.05, 0) is 19.0 Å². The Morgan fingerprint density at radius 1 is 1.32 bits per heavy atom. The molecule has 1 aliphatic heterocycles. The fourth-order valence-corrected chi connectivity index (χ4v) is 2.40. The molecule has 1 saturated heterocycles. The highest BCUT2D eigenvalue weighted by Gasteiger charge is 2.31. The quantitative estimate of drug-likeness (QED) is 0.816. The summed E-state index contributed by atoms with van der Waals surface area (Å²) in [4.78, 5) is 16.1. The van der Waals surface area contributed by atoms with Crippen LogP contribution in [0.5, 0.6) is 0 Å². The molecule has 1 amide bonds. The van der Waals surface area contributed by atoms with Crippen LogP contribution >= 0.6 is 0 Å². The molecule has 0 aromatic heterocycles. The van der Waals surface area contributed by atoms with Crippen LogP contribution in [0.2, 0.25) is 0 Å². The summed E-state index contributed by atoms with van der Waals surface area (Å²) in [7, 11) is 1.91. The summed E-state index contributed by atoms with van der Waals surface area (Å²) in [5.41, 5.74) is 1.24. The molecule has 4 nitrogen and oxygen atoms in total.